The normalized spacial score (nSPS) is 10.1. The van der Waals surface area contributed by atoms with E-state index in [2.05, 4.69) is 0 Å². The molecule has 86 valence electrons. The van der Waals surface area contributed by atoms with Crippen LogP contribution in [0.25, 0.3) is 0 Å². The first kappa shape index (κ1) is 12.8. The first-order chi connectivity index (χ1) is 7.50. The predicted molar refractivity (Wildman–Crippen MR) is 65.2 cm³/mol. The highest BCUT2D eigenvalue weighted by Gasteiger charge is 2.09. The lowest BCUT2D eigenvalue weighted by atomic mass is 10.0. The first-order valence-corrected chi connectivity index (χ1v) is 6.06. The van der Waals surface area contributed by atoms with E-state index < -0.39 is 5.97 Å². The summed E-state index contributed by atoms with van der Waals surface area (Å²) in [5, 5.41) is 8.46. The highest BCUT2D eigenvalue weighted by Crippen LogP contribution is 2.13. The Hall–Kier alpha value is -1.29. The van der Waals surface area contributed by atoms with Crippen LogP contribution in [0.1, 0.15) is 21.5 Å². The van der Waals surface area contributed by atoms with Crippen LogP contribution in [0.3, 0.4) is 0 Å². The quantitative estimate of drug-likeness (QED) is 0.800. The molecule has 0 saturated carbocycles. The SMILES string of the molecule is Cc1ccc(C(=O)CSCC(=O)O)c(C)c1. The Bertz CT molecular complexity index is 413. The van der Waals surface area contributed by atoms with Crippen molar-refractivity contribution in [3.05, 3.63) is 34.9 Å². The molecule has 1 aromatic rings. The average Bonchev–Trinajstić information content (AvgIpc) is 2.16. The number of aliphatic carboxylic acids is 1. The molecule has 0 bridgehead atoms. The molecule has 0 aliphatic rings. The van der Waals surface area contributed by atoms with Crippen molar-refractivity contribution >= 4 is 23.5 Å². The van der Waals surface area contributed by atoms with E-state index in [1.165, 1.54) is 0 Å². The van der Waals surface area contributed by atoms with Gasteiger partial charge in [-0.25, -0.2) is 0 Å². The van der Waals surface area contributed by atoms with Gasteiger partial charge in [0, 0.05) is 5.56 Å². The van der Waals surface area contributed by atoms with Gasteiger partial charge < -0.3 is 5.11 Å². The standard InChI is InChI=1S/C12H14O3S/c1-8-3-4-10(9(2)5-8)11(13)6-16-7-12(14)15/h3-5H,6-7H2,1-2H3,(H,14,15). The summed E-state index contributed by atoms with van der Waals surface area (Å²) >= 11 is 1.13. The Balaban J connectivity index is 2.63. The number of hydrogen-bond acceptors (Lipinski definition) is 3. The summed E-state index contributed by atoms with van der Waals surface area (Å²) in [7, 11) is 0. The first-order valence-electron chi connectivity index (χ1n) is 4.90. The molecule has 0 amide bonds. The van der Waals surface area contributed by atoms with Crippen LogP contribution in [0.5, 0.6) is 0 Å². The van der Waals surface area contributed by atoms with Crippen molar-refractivity contribution in [2.24, 2.45) is 0 Å². The van der Waals surface area contributed by atoms with E-state index >= 15 is 0 Å². The summed E-state index contributed by atoms with van der Waals surface area (Å²) in [6, 6.07) is 5.64. The van der Waals surface area contributed by atoms with Gasteiger partial charge in [0.15, 0.2) is 5.78 Å². The Labute approximate surface area is 98.9 Å². The van der Waals surface area contributed by atoms with Crippen LogP contribution in [0.4, 0.5) is 0 Å². The van der Waals surface area contributed by atoms with Crippen LogP contribution < -0.4 is 0 Å². The van der Waals surface area contributed by atoms with Gasteiger partial charge in [0.1, 0.15) is 0 Å². The van der Waals surface area contributed by atoms with Crippen LogP contribution in [0.2, 0.25) is 0 Å². The molecule has 3 nitrogen and oxygen atoms in total. The third kappa shape index (κ3) is 3.70. The molecule has 0 unspecified atom stereocenters. The van der Waals surface area contributed by atoms with Crippen LogP contribution >= 0.6 is 11.8 Å². The third-order valence-electron chi connectivity index (χ3n) is 2.14. The molecule has 0 heterocycles. The number of thioether (sulfide) groups is 1. The predicted octanol–water partition coefficient (Wildman–Crippen LogP) is 2.30. The minimum atomic E-state index is -0.890. The highest BCUT2D eigenvalue weighted by molar-refractivity contribution is 8.00. The number of carbonyl (C=O) groups excluding carboxylic acids is 1. The van der Waals surface area contributed by atoms with Gasteiger partial charge in [0.2, 0.25) is 0 Å². The van der Waals surface area contributed by atoms with Crippen LogP contribution in [0, 0.1) is 13.8 Å². The molecular weight excluding hydrogens is 224 g/mol. The molecule has 0 aromatic heterocycles. The summed E-state index contributed by atoms with van der Waals surface area (Å²) < 4.78 is 0. The minimum absolute atomic E-state index is 0.0104. The zero-order valence-electron chi connectivity index (χ0n) is 9.32. The molecular formula is C12H14O3S. The van der Waals surface area contributed by atoms with Gasteiger partial charge in [-0.15, -0.1) is 11.8 Å². The van der Waals surface area contributed by atoms with Crippen molar-refractivity contribution in [2.75, 3.05) is 11.5 Å². The summed E-state index contributed by atoms with van der Waals surface area (Å²) in [5.41, 5.74) is 2.75. The van der Waals surface area contributed by atoms with Gasteiger partial charge in [-0.3, -0.25) is 9.59 Å². The van der Waals surface area contributed by atoms with Crippen LogP contribution in [-0.2, 0) is 4.79 Å². The largest absolute Gasteiger partial charge is 0.481 e. The van der Waals surface area contributed by atoms with Crippen molar-refractivity contribution in [3.63, 3.8) is 0 Å². The topological polar surface area (TPSA) is 54.4 Å². The van der Waals surface area contributed by atoms with E-state index in [9.17, 15) is 9.59 Å². The zero-order valence-corrected chi connectivity index (χ0v) is 10.1. The number of benzene rings is 1. The summed E-state index contributed by atoms with van der Waals surface area (Å²) in [6.07, 6.45) is 0. The molecule has 0 aliphatic carbocycles. The van der Waals surface area contributed by atoms with E-state index in [4.69, 9.17) is 5.11 Å². The number of ketones is 1. The molecule has 0 aliphatic heterocycles. The van der Waals surface area contributed by atoms with Gasteiger partial charge in [-0.2, -0.15) is 0 Å². The van der Waals surface area contributed by atoms with Gasteiger partial charge >= 0.3 is 5.97 Å². The molecule has 0 fully saturated rings. The number of hydrogen-bond donors (Lipinski definition) is 1. The number of carboxylic acids is 1. The van der Waals surface area contributed by atoms with E-state index in [1.807, 2.05) is 26.0 Å². The van der Waals surface area contributed by atoms with Crippen molar-refractivity contribution in [3.8, 4) is 0 Å². The number of Topliss-reactive ketones (excluding diaryl/α,β-unsaturated/α-hetero) is 1. The van der Waals surface area contributed by atoms with Crippen molar-refractivity contribution in [1.82, 2.24) is 0 Å². The number of carboxylic acid groups (broad SMARTS) is 1. The Kier molecular flexibility index (Phi) is 4.55. The number of rotatable bonds is 5. The van der Waals surface area contributed by atoms with E-state index in [-0.39, 0.29) is 17.3 Å². The van der Waals surface area contributed by atoms with E-state index in [1.54, 1.807) is 6.07 Å². The maximum absolute atomic E-state index is 11.7. The smallest absolute Gasteiger partial charge is 0.313 e. The minimum Gasteiger partial charge on any atom is -0.481 e. The van der Waals surface area contributed by atoms with Gasteiger partial charge in [-0.05, 0) is 19.4 Å². The van der Waals surface area contributed by atoms with Gasteiger partial charge in [0.05, 0.1) is 11.5 Å². The van der Waals surface area contributed by atoms with E-state index in [0.29, 0.717) is 5.56 Å². The van der Waals surface area contributed by atoms with Crippen LogP contribution in [0.15, 0.2) is 18.2 Å². The average molecular weight is 238 g/mol. The van der Waals surface area contributed by atoms with Gasteiger partial charge in [0.25, 0.3) is 0 Å². The van der Waals surface area contributed by atoms with Crippen LogP contribution in [-0.4, -0.2) is 28.4 Å². The summed E-state index contributed by atoms with van der Waals surface area (Å²) in [4.78, 5) is 22.0. The lowest BCUT2D eigenvalue weighted by molar-refractivity contribution is -0.133. The molecule has 0 radical (unpaired) electrons. The molecule has 1 rings (SSSR count). The third-order valence-corrected chi connectivity index (χ3v) is 3.06. The second kappa shape index (κ2) is 5.70. The molecule has 0 saturated heterocycles. The second-order valence-corrected chi connectivity index (χ2v) is 4.61. The highest BCUT2D eigenvalue weighted by atomic mass is 32.2. The fourth-order valence-electron chi connectivity index (χ4n) is 1.44. The maximum atomic E-state index is 11.7. The molecule has 0 spiro atoms. The van der Waals surface area contributed by atoms with Crippen molar-refractivity contribution in [2.45, 2.75) is 13.8 Å². The molecule has 1 N–H and O–H groups in total. The Morgan fingerprint density at radius 1 is 1.25 bits per heavy atom. The second-order valence-electron chi connectivity index (χ2n) is 3.63. The van der Waals surface area contributed by atoms with Gasteiger partial charge in [-0.1, -0.05) is 23.8 Å². The van der Waals surface area contributed by atoms with Crippen molar-refractivity contribution in [1.29, 1.82) is 0 Å². The molecule has 4 heteroatoms. The number of carbonyl (C=O) groups is 2. The fourth-order valence-corrected chi connectivity index (χ4v) is 2.05. The lowest BCUT2D eigenvalue weighted by Gasteiger charge is -2.05. The van der Waals surface area contributed by atoms with E-state index in [0.717, 1.165) is 22.9 Å². The summed E-state index contributed by atoms with van der Waals surface area (Å²) in [6.45, 7) is 3.86. The van der Waals surface area contributed by atoms with Crippen molar-refractivity contribution < 1.29 is 14.7 Å². The molecule has 16 heavy (non-hydrogen) atoms. The summed E-state index contributed by atoms with van der Waals surface area (Å²) in [5.74, 6) is -0.713. The lowest BCUT2D eigenvalue weighted by Crippen LogP contribution is -2.07. The molecule has 1 aromatic carbocycles. The number of aryl methyl sites for hydroxylation is 2. The monoisotopic (exact) mass is 238 g/mol. The Morgan fingerprint density at radius 3 is 2.50 bits per heavy atom. The maximum Gasteiger partial charge on any atom is 0.313 e. The fraction of sp³-hybridized carbons (Fsp3) is 0.333. The zero-order chi connectivity index (χ0) is 12.1. The Morgan fingerprint density at radius 2 is 1.94 bits per heavy atom. The molecule has 0 atom stereocenters.